The summed E-state index contributed by atoms with van der Waals surface area (Å²) in [5.41, 5.74) is -0.873. The number of carbonyl (C=O) groups is 4. The van der Waals surface area contributed by atoms with Gasteiger partial charge in [-0.15, -0.1) is 0 Å². The summed E-state index contributed by atoms with van der Waals surface area (Å²) in [5, 5.41) is -0.0116. The SMILES string of the molecule is CCC(COC(=O)CCS)(COC(=O)CCS)COC(=O)CCSC(=O)CCCC[Si](OC)(OC)OC. The maximum Gasteiger partial charge on any atom is 0.500 e. The fourth-order valence-electron chi connectivity index (χ4n) is 3.02. The van der Waals surface area contributed by atoms with Gasteiger partial charge < -0.3 is 27.5 Å². The Bertz CT molecular complexity index is 661. The minimum atomic E-state index is -2.63. The van der Waals surface area contributed by atoms with E-state index >= 15 is 0 Å². The Morgan fingerprint density at radius 2 is 1.19 bits per heavy atom. The molecule has 0 bridgehead atoms. The first-order valence-corrected chi connectivity index (χ1v) is 16.3. The molecule has 10 nitrogen and oxygen atoms in total. The van der Waals surface area contributed by atoms with Crippen LogP contribution >= 0.6 is 37.0 Å². The molecule has 0 aromatic carbocycles. The normalized spacial score (nSPS) is 11.7. The van der Waals surface area contributed by atoms with Crippen LogP contribution in [0.3, 0.4) is 0 Å². The summed E-state index contributed by atoms with van der Waals surface area (Å²) in [7, 11) is 2.02. The van der Waals surface area contributed by atoms with Crippen molar-refractivity contribution >= 4 is 68.8 Å². The quantitative estimate of drug-likeness (QED) is 0.0623. The first kappa shape index (κ1) is 36.2. The van der Waals surface area contributed by atoms with E-state index in [2.05, 4.69) is 25.3 Å². The summed E-state index contributed by atoms with van der Waals surface area (Å²) in [4.78, 5) is 48.1. The molecule has 0 spiro atoms. The van der Waals surface area contributed by atoms with E-state index < -0.39 is 32.1 Å². The van der Waals surface area contributed by atoms with Crippen molar-refractivity contribution in [2.24, 2.45) is 5.41 Å². The van der Waals surface area contributed by atoms with Crippen LogP contribution < -0.4 is 0 Å². The Morgan fingerprint density at radius 3 is 1.59 bits per heavy atom. The number of ether oxygens (including phenoxy) is 3. The van der Waals surface area contributed by atoms with Gasteiger partial charge in [-0.25, -0.2) is 0 Å². The number of thiol groups is 2. The smallest absolute Gasteiger partial charge is 0.465 e. The van der Waals surface area contributed by atoms with Gasteiger partial charge in [-0.1, -0.05) is 18.7 Å². The standard InChI is InChI=1S/C23H42O10S3Si/c1-5-23(16-31-19(24)9-12-34,17-32-20(25)10-13-35)18-33-21(26)11-14-36-22(27)8-6-7-15-37(28-2,29-3)30-4/h34-35H,5-18H2,1-4H3. The first-order valence-electron chi connectivity index (χ1n) is 12.1. The number of unbranched alkanes of at least 4 members (excludes halogenated alkanes) is 1. The summed E-state index contributed by atoms with van der Waals surface area (Å²) in [6.45, 7) is 1.61. The average Bonchev–Trinajstić information content (AvgIpc) is 2.89. The Hall–Kier alpha value is -0.773. The lowest BCUT2D eigenvalue weighted by atomic mass is 9.88. The molecule has 0 aromatic heterocycles. The summed E-state index contributed by atoms with van der Waals surface area (Å²) in [5.74, 6) is -0.382. The van der Waals surface area contributed by atoms with Crippen molar-refractivity contribution < 1.29 is 46.7 Å². The number of rotatable bonds is 22. The fraction of sp³-hybridized carbons (Fsp3) is 0.826. The molecule has 0 saturated carbocycles. The van der Waals surface area contributed by atoms with Crippen molar-refractivity contribution in [2.75, 3.05) is 58.4 Å². The Kier molecular flexibility index (Phi) is 20.7. The van der Waals surface area contributed by atoms with Gasteiger partial charge in [0.1, 0.15) is 19.8 Å². The van der Waals surface area contributed by atoms with Crippen LogP contribution in [0.5, 0.6) is 0 Å². The molecule has 0 N–H and O–H groups in total. The highest BCUT2D eigenvalue weighted by Gasteiger charge is 2.37. The van der Waals surface area contributed by atoms with E-state index in [-0.39, 0.29) is 50.0 Å². The second-order valence-electron chi connectivity index (χ2n) is 8.26. The average molecular weight is 603 g/mol. The van der Waals surface area contributed by atoms with Crippen LogP contribution in [0.4, 0.5) is 0 Å². The predicted octanol–water partition coefficient (Wildman–Crippen LogP) is 3.35. The van der Waals surface area contributed by atoms with Crippen LogP contribution in [0, 0.1) is 5.41 Å². The zero-order chi connectivity index (χ0) is 28.2. The third-order valence-electron chi connectivity index (χ3n) is 5.62. The zero-order valence-electron chi connectivity index (χ0n) is 22.3. The van der Waals surface area contributed by atoms with Crippen molar-refractivity contribution in [3.05, 3.63) is 0 Å². The van der Waals surface area contributed by atoms with E-state index in [4.69, 9.17) is 27.5 Å². The number of thioether (sulfide) groups is 1. The van der Waals surface area contributed by atoms with Gasteiger partial charge in [0.25, 0.3) is 0 Å². The van der Waals surface area contributed by atoms with E-state index in [1.807, 2.05) is 6.92 Å². The van der Waals surface area contributed by atoms with Gasteiger partial charge in [0.15, 0.2) is 5.12 Å². The Balaban J connectivity index is 4.59. The van der Waals surface area contributed by atoms with E-state index in [0.717, 1.165) is 18.2 Å². The minimum absolute atomic E-state index is 0.0116. The van der Waals surface area contributed by atoms with Gasteiger partial charge in [0, 0.05) is 51.1 Å². The van der Waals surface area contributed by atoms with Crippen LogP contribution in [-0.4, -0.2) is 90.2 Å². The highest BCUT2D eigenvalue weighted by atomic mass is 32.2. The summed E-state index contributed by atoms with van der Waals surface area (Å²) < 4.78 is 32.1. The van der Waals surface area contributed by atoms with Gasteiger partial charge in [0.2, 0.25) is 0 Å². The zero-order valence-corrected chi connectivity index (χ0v) is 25.9. The molecule has 14 heteroatoms. The lowest BCUT2D eigenvalue weighted by Crippen LogP contribution is -2.42. The molecule has 37 heavy (non-hydrogen) atoms. The van der Waals surface area contributed by atoms with Crippen LogP contribution in [0.15, 0.2) is 0 Å². The first-order chi connectivity index (χ1) is 17.6. The Morgan fingerprint density at radius 1 is 0.730 bits per heavy atom. The van der Waals surface area contributed by atoms with Crippen molar-refractivity contribution in [1.82, 2.24) is 0 Å². The molecule has 0 radical (unpaired) electrons. The van der Waals surface area contributed by atoms with Crippen LogP contribution in [0.25, 0.3) is 0 Å². The van der Waals surface area contributed by atoms with Crippen LogP contribution in [0.2, 0.25) is 6.04 Å². The molecule has 0 atom stereocenters. The van der Waals surface area contributed by atoms with Gasteiger partial charge in [-0.3, -0.25) is 19.2 Å². The molecule has 0 amide bonds. The van der Waals surface area contributed by atoms with Gasteiger partial charge in [-0.2, -0.15) is 25.3 Å². The van der Waals surface area contributed by atoms with Gasteiger partial charge >= 0.3 is 26.7 Å². The summed E-state index contributed by atoms with van der Waals surface area (Å²) in [6, 6.07) is 0.619. The van der Waals surface area contributed by atoms with E-state index in [9.17, 15) is 19.2 Å². The third kappa shape index (κ3) is 16.0. The molecule has 0 aliphatic heterocycles. The molecule has 0 unspecified atom stereocenters. The molecule has 216 valence electrons. The highest BCUT2D eigenvalue weighted by molar-refractivity contribution is 8.13. The monoisotopic (exact) mass is 602 g/mol. The summed E-state index contributed by atoms with van der Waals surface area (Å²) >= 11 is 9.11. The second-order valence-corrected chi connectivity index (χ2v) is 13.4. The topological polar surface area (TPSA) is 124 Å². The molecule has 0 fully saturated rings. The lowest BCUT2D eigenvalue weighted by Gasteiger charge is -2.31. The molecule has 0 aromatic rings. The van der Waals surface area contributed by atoms with Crippen LogP contribution in [-0.2, 0) is 46.7 Å². The highest BCUT2D eigenvalue weighted by Crippen LogP contribution is 2.25. The number of hydrogen-bond donors (Lipinski definition) is 2. The second kappa shape index (κ2) is 21.1. The number of hydrogen-bond acceptors (Lipinski definition) is 13. The lowest BCUT2D eigenvalue weighted by molar-refractivity contribution is -0.161. The molecule has 0 saturated heterocycles. The minimum Gasteiger partial charge on any atom is -0.465 e. The predicted molar refractivity (Wildman–Crippen MR) is 150 cm³/mol. The molecule has 0 aliphatic carbocycles. The molecular formula is C23H42O10S3Si. The summed E-state index contributed by atoms with van der Waals surface area (Å²) in [6.07, 6.45) is 2.53. The molecule has 0 rings (SSSR count). The van der Waals surface area contributed by atoms with E-state index in [0.29, 0.717) is 36.8 Å². The maximum absolute atomic E-state index is 12.3. The largest absolute Gasteiger partial charge is 0.500 e. The molecule has 0 heterocycles. The van der Waals surface area contributed by atoms with Crippen molar-refractivity contribution in [3.63, 3.8) is 0 Å². The van der Waals surface area contributed by atoms with Crippen molar-refractivity contribution in [3.8, 4) is 0 Å². The van der Waals surface area contributed by atoms with Gasteiger partial charge in [-0.05, 0) is 19.3 Å². The number of esters is 3. The van der Waals surface area contributed by atoms with Crippen molar-refractivity contribution in [1.29, 1.82) is 0 Å². The molecular weight excluding hydrogens is 561 g/mol. The third-order valence-corrected chi connectivity index (χ3v) is 9.83. The van der Waals surface area contributed by atoms with Crippen LogP contribution in [0.1, 0.15) is 51.9 Å². The van der Waals surface area contributed by atoms with Crippen molar-refractivity contribution in [2.45, 2.75) is 57.9 Å². The van der Waals surface area contributed by atoms with E-state index in [1.54, 1.807) is 21.3 Å². The molecule has 0 aliphatic rings. The maximum atomic E-state index is 12.3. The van der Waals surface area contributed by atoms with E-state index in [1.165, 1.54) is 0 Å². The fourth-order valence-corrected chi connectivity index (χ4v) is 5.96. The Labute approximate surface area is 236 Å². The number of carbonyl (C=O) groups excluding carboxylic acids is 4. The van der Waals surface area contributed by atoms with Gasteiger partial charge in [0.05, 0.1) is 24.7 Å².